The van der Waals surface area contributed by atoms with E-state index in [0.717, 1.165) is 13.0 Å². The summed E-state index contributed by atoms with van der Waals surface area (Å²) in [6.45, 7) is 12.4. The lowest BCUT2D eigenvalue weighted by atomic mass is 10.1. The van der Waals surface area contributed by atoms with Gasteiger partial charge in [-0.25, -0.2) is 0 Å². The van der Waals surface area contributed by atoms with Gasteiger partial charge in [0, 0.05) is 13.2 Å². The molecule has 19 heavy (non-hydrogen) atoms. The van der Waals surface area contributed by atoms with Crippen LogP contribution in [0.3, 0.4) is 0 Å². The highest BCUT2D eigenvalue weighted by Gasteiger charge is 2.19. The van der Waals surface area contributed by atoms with Crippen molar-refractivity contribution in [2.45, 2.75) is 52.7 Å². The molecular formula is C13H26N4O2. The highest BCUT2D eigenvalue weighted by Crippen LogP contribution is 2.15. The van der Waals surface area contributed by atoms with Crippen LogP contribution in [0.4, 0.5) is 6.01 Å². The van der Waals surface area contributed by atoms with Crippen LogP contribution in [-0.4, -0.2) is 35.5 Å². The van der Waals surface area contributed by atoms with Crippen molar-refractivity contribution >= 4 is 6.01 Å². The number of nitrogens with zero attached hydrogens (tertiary/aromatic N) is 2. The molecule has 2 N–H and O–H groups in total. The zero-order chi connectivity index (χ0) is 14.3. The lowest BCUT2D eigenvalue weighted by molar-refractivity contribution is 0.000336. The molecular weight excluding hydrogens is 244 g/mol. The maximum absolute atomic E-state index is 5.59. The molecule has 6 nitrogen and oxygen atoms in total. The summed E-state index contributed by atoms with van der Waals surface area (Å²) >= 11 is 0. The first-order valence-electron chi connectivity index (χ1n) is 6.93. The third-order valence-electron chi connectivity index (χ3n) is 2.71. The summed E-state index contributed by atoms with van der Waals surface area (Å²) in [4.78, 5) is 0. The largest absolute Gasteiger partial charge is 0.406 e. The zero-order valence-electron chi connectivity index (χ0n) is 12.6. The molecule has 1 unspecified atom stereocenters. The molecule has 0 radical (unpaired) electrons. The van der Waals surface area contributed by atoms with Crippen LogP contribution in [0.1, 0.15) is 53.0 Å². The van der Waals surface area contributed by atoms with E-state index in [0.29, 0.717) is 25.1 Å². The molecule has 0 fully saturated rings. The van der Waals surface area contributed by atoms with E-state index in [1.165, 1.54) is 0 Å². The van der Waals surface area contributed by atoms with Crippen molar-refractivity contribution < 1.29 is 9.15 Å². The smallest absolute Gasteiger partial charge is 0.315 e. The van der Waals surface area contributed by atoms with Crippen LogP contribution < -0.4 is 10.6 Å². The summed E-state index contributed by atoms with van der Waals surface area (Å²) in [6, 6.07) is 0.510. The van der Waals surface area contributed by atoms with Crippen LogP contribution in [0.2, 0.25) is 0 Å². The van der Waals surface area contributed by atoms with Crippen molar-refractivity contribution in [1.29, 1.82) is 0 Å². The monoisotopic (exact) mass is 270 g/mol. The van der Waals surface area contributed by atoms with Gasteiger partial charge in [0.15, 0.2) is 0 Å². The highest BCUT2D eigenvalue weighted by molar-refractivity contribution is 5.18. The molecule has 0 aliphatic heterocycles. The highest BCUT2D eigenvalue weighted by atomic mass is 16.5. The third-order valence-corrected chi connectivity index (χ3v) is 2.71. The van der Waals surface area contributed by atoms with Crippen molar-refractivity contribution in [2.75, 3.05) is 25.0 Å². The van der Waals surface area contributed by atoms with Gasteiger partial charge in [0.05, 0.1) is 11.6 Å². The first-order chi connectivity index (χ1) is 8.98. The normalized spacial score (nSPS) is 13.5. The predicted octanol–water partition coefficient (Wildman–Crippen LogP) is 2.36. The fourth-order valence-corrected chi connectivity index (χ4v) is 1.66. The Morgan fingerprint density at radius 3 is 2.68 bits per heavy atom. The Morgan fingerprint density at radius 1 is 1.32 bits per heavy atom. The average Bonchev–Trinajstić information content (AvgIpc) is 2.82. The van der Waals surface area contributed by atoms with Crippen LogP contribution in [0.15, 0.2) is 4.42 Å². The third kappa shape index (κ3) is 5.57. The van der Waals surface area contributed by atoms with Gasteiger partial charge < -0.3 is 19.8 Å². The van der Waals surface area contributed by atoms with Gasteiger partial charge >= 0.3 is 6.01 Å². The maximum atomic E-state index is 5.59. The lowest BCUT2D eigenvalue weighted by Crippen LogP contribution is -2.33. The minimum Gasteiger partial charge on any atom is -0.406 e. The number of anilines is 1. The van der Waals surface area contributed by atoms with E-state index < -0.39 is 0 Å². The van der Waals surface area contributed by atoms with Gasteiger partial charge in [0.2, 0.25) is 5.89 Å². The van der Waals surface area contributed by atoms with Gasteiger partial charge in [0.25, 0.3) is 0 Å². The maximum Gasteiger partial charge on any atom is 0.315 e. The van der Waals surface area contributed by atoms with Crippen molar-refractivity contribution in [3.8, 4) is 0 Å². The summed E-state index contributed by atoms with van der Waals surface area (Å²) in [5.41, 5.74) is -0.255. The van der Waals surface area contributed by atoms with Crippen molar-refractivity contribution in [1.82, 2.24) is 15.5 Å². The summed E-state index contributed by atoms with van der Waals surface area (Å²) in [7, 11) is 0. The molecule has 0 saturated carbocycles. The number of aromatic nitrogens is 2. The first kappa shape index (κ1) is 15.9. The van der Waals surface area contributed by atoms with Crippen LogP contribution >= 0.6 is 0 Å². The molecule has 6 heteroatoms. The topological polar surface area (TPSA) is 72.2 Å². The number of hydrogen-bond donors (Lipinski definition) is 2. The van der Waals surface area contributed by atoms with Crippen LogP contribution in [0.5, 0.6) is 0 Å². The van der Waals surface area contributed by atoms with E-state index in [9.17, 15) is 0 Å². The van der Waals surface area contributed by atoms with Gasteiger partial charge in [0.1, 0.15) is 0 Å². The molecule has 0 spiro atoms. The molecule has 1 atom stereocenters. The van der Waals surface area contributed by atoms with E-state index >= 15 is 0 Å². The SMILES string of the molecule is CCCNC(C)c1nnc(NCC(C)(C)OCC)o1. The molecule has 0 aromatic carbocycles. The molecule has 1 aromatic rings. The number of nitrogens with one attached hydrogen (secondary N) is 2. The minimum absolute atomic E-state index is 0.0721. The van der Waals surface area contributed by atoms with E-state index in [1.54, 1.807) is 0 Å². The lowest BCUT2D eigenvalue weighted by Gasteiger charge is -2.24. The molecule has 1 heterocycles. The minimum atomic E-state index is -0.255. The summed E-state index contributed by atoms with van der Waals surface area (Å²) < 4.78 is 11.2. The fraction of sp³-hybridized carbons (Fsp3) is 0.846. The summed E-state index contributed by atoms with van der Waals surface area (Å²) in [6.07, 6.45) is 1.08. The van der Waals surface area contributed by atoms with Crippen molar-refractivity contribution in [3.05, 3.63) is 5.89 Å². The number of ether oxygens (including phenoxy) is 1. The molecule has 1 aromatic heterocycles. The second-order valence-electron chi connectivity index (χ2n) is 5.17. The van der Waals surface area contributed by atoms with E-state index in [4.69, 9.17) is 9.15 Å². The Labute approximate surface area is 115 Å². The molecule has 0 bridgehead atoms. The average molecular weight is 270 g/mol. The Hall–Kier alpha value is -1.14. The van der Waals surface area contributed by atoms with Crippen LogP contribution in [0.25, 0.3) is 0 Å². The molecule has 0 aliphatic rings. The molecule has 0 amide bonds. The van der Waals surface area contributed by atoms with Gasteiger partial charge in [-0.2, -0.15) is 0 Å². The Bertz CT molecular complexity index is 365. The van der Waals surface area contributed by atoms with Gasteiger partial charge in [-0.1, -0.05) is 12.0 Å². The van der Waals surface area contributed by atoms with Gasteiger partial charge in [-0.15, -0.1) is 5.10 Å². The van der Waals surface area contributed by atoms with E-state index in [1.807, 2.05) is 27.7 Å². The van der Waals surface area contributed by atoms with Crippen molar-refractivity contribution in [2.24, 2.45) is 0 Å². The number of rotatable bonds is 9. The first-order valence-corrected chi connectivity index (χ1v) is 6.93. The number of hydrogen-bond acceptors (Lipinski definition) is 6. The van der Waals surface area contributed by atoms with Crippen molar-refractivity contribution in [3.63, 3.8) is 0 Å². The van der Waals surface area contributed by atoms with Gasteiger partial charge in [-0.3, -0.25) is 0 Å². The molecule has 1 rings (SSSR count). The summed E-state index contributed by atoms with van der Waals surface area (Å²) in [5.74, 6) is 0.602. The van der Waals surface area contributed by atoms with Crippen LogP contribution in [0, 0.1) is 0 Å². The Balaban J connectivity index is 2.46. The predicted molar refractivity (Wildman–Crippen MR) is 75.2 cm³/mol. The van der Waals surface area contributed by atoms with Gasteiger partial charge in [-0.05, 0) is 40.7 Å². The standard InChI is InChI=1S/C13H26N4O2/c1-6-8-14-10(3)11-16-17-12(19-11)15-9-13(4,5)18-7-2/h10,14H,6-9H2,1-5H3,(H,15,17). The zero-order valence-corrected chi connectivity index (χ0v) is 12.6. The summed E-state index contributed by atoms with van der Waals surface area (Å²) in [5, 5.41) is 14.4. The Kier molecular flexibility index (Phi) is 6.24. The fourth-order valence-electron chi connectivity index (χ4n) is 1.66. The second kappa shape index (κ2) is 7.45. The van der Waals surface area contributed by atoms with E-state index in [2.05, 4.69) is 27.8 Å². The second-order valence-corrected chi connectivity index (χ2v) is 5.17. The Morgan fingerprint density at radius 2 is 2.05 bits per heavy atom. The molecule has 110 valence electrons. The molecule has 0 saturated heterocycles. The van der Waals surface area contributed by atoms with E-state index in [-0.39, 0.29) is 11.6 Å². The van der Waals surface area contributed by atoms with Crippen LogP contribution in [-0.2, 0) is 4.74 Å². The quantitative estimate of drug-likeness (QED) is 0.717. The molecule has 0 aliphatic carbocycles.